The van der Waals surface area contributed by atoms with Gasteiger partial charge in [-0.1, -0.05) is 45.9 Å². The summed E-state index contributed by atoms with van der Waals surface area (Å²) in [6, 6.07) is 6.10. The maximum absolute atomic E-state index is 12.6. The Morgan fingerprint density at radius 2 is 2.04 bits per heavy atom. The Labute approximate surface area is 137 Å². The van der Waals surface area contributed by atoms with Crippen molar-refractivity contribution < 1.29 is 4.79 Å². The normalized spacial score (nSPS) is 14.6. The number of nitrogens with two attached hydrogens (primary N) is 1. The largest absolute Gasteiger partial charge is 0.397 e. The quantitative estimate of drug-likeness (QED) is 0.938. The third kappa shape index (κ3) is 2.78. The molecule has 2 N–H and O–H groups in total. The number of carbonyl (C=O) groups excluding carboxylic acids is 1. The zero-order chi connectivity index (χ0) is 16.8. The summed E-state index contributed by atoms with van der Waals surface area (Å²) in [6.07, 6.45) is 1.87. The number of carbonyl (C=O) groups is 1. The number of hydrogen-bond donors (Lipinski definition) is 1. The van der Waals surface area contributed by atoms with Crippen LogP contribution in [-0.2, 0) is 13.0 Å². The summed E-state index contributed by atoms with van der Waals surface area (Å²) in [5.41, 5.74) is 10.7. The van der Waals surface area contributed by atoms with E-state index < -0.39 is 0 Å². The monoisotopic (exact) mass is 311 g/mol. The molecule has 1 aromatic carbocycles. The molecule has 0 aliphatic carbocycles. The van der Waals surface area contributed by atoms with Crippen LogP contribution in [0.25, 0.3) is 10.9 Å². The van der Waals surface area contributed by atoms with Crippen molar-refractivity contribution in [3.63, 3.8) is 0 Å². The van der Waals surface area contributed by atoms with Gasteiger partial charge in [0.05, 0.1) is 29.0 Å². The molecule has 122 valence electrons. The van der Waals surface area contributed by atoms with Crippen LogP contribution in [0.3, 0.4) is 0 Å². The van der Waals surface area contributed by atoms with Crippen LogP contribution in [0, 0.1) is 5.41 Å². The van der Waals surface area contributed by atoms with Gasteiger partial charge in [0.25, 0.3) is 5.91 Å². The summed E-state index contributed by atoms with van der Waals surface area (Å²) < 4.78 is 0. The van der Waals surface area contributed by atoms with Crippen molar-refractivity contribution in [1.82, 2.24) is 9.88 Å². The number of benzene rings is 1. The van der Waals surface area contributed by atoms with Crippen molar-refractivity contribution in [2.24, 2.45) is 5.41 Å². The van der Waals surface area contributed by atoms with Crippen LogP contribution in [0.2, 0.25) is 0 Å². The van der Waals surface area contributed by atoms with Gasteiger partial charge in [0.1, 0.15) is 0 Å². The molecule has 3 rings (SSSR count). The van der Waals surface area contributed by atoms with Crippen molar-refractivity contribution in [2.75, 3.05) is 12.3 Å². The molecule has 0 fully saturated rings. The molecule has 1 aromatic heterocycles. The summed E-state index contributed by atoms with van der Waals surface area (Å²) in [5, 5.41) is 0.900. The third-order valence-electron chi connectivity index (χ3n) is 4.27. The highest BCUT2D eigenvalue weighted by molar-refractivity contribution is 6.09. The van der Waals surface area contributed by atoms with Gasteiger partial charge in [0.15, 0.2) is 0 Å². The van der Waals surface area contributed by atoms with Crippen LogP contribution < -0.4 is 5.73 Å². The van der Waals surface area contributed by atoms with Crippen LogP contribution in [-0.4, -0.2) is 22.3 Å². The highest BCUT2D eigenvalue weighted by Crippen LogP contribution is 2.35. The zero-order valence-corrected chi connectivity index (χ0v) is 14.4. The second kappa shape index (κ2) is 5.52. The van der Waals surface area contributed by atoms with Crippen molar-refractivity contribution in [3.8, 4) is 0 Å². The number of anilines is 1. The highest BCUT2D eigenvalue weighted by Gasteiger charge is 2.31. The number of pyridine rings is 1. The van der Waals surface area contributed by atoms with E-state index in [1.165, 1.54) is 5.56 Å². The fourth-order valence-electron chi connectivity index (χ4n) is 3.35. The van der Waals surface area contributed by atoms with Crippen molar-refractivity contribution in [2.45, 2.75) is 47.1 Å². The van der Waals surface area contributed by atoms with E-state index in [0.717, 1.165) is 36.0 Å². The molecule has 2 heterocycles. The summed E-state index contributed by atoms with van der Waals surface area (Å²) in [5.74, 6) is 0.0231. The minimum absolute atomic E-state index is 0.0231. The molecule has 23 heavy (non-hydrogen) atoms. The Morgan fingerprint density at radius 1 is 1.30 bits per heavy atom. The van der Waals surface area contributed by atoms with E-state index in [1.807, 2.05) is 17.0 Å². The Balaban J connectivity index is 2.16. The van der Waals surface area contributed by atoms with E-state index in [4.69, 9.17) is 10.7 Å². The van der Waals surface area contributed by atoms with Gasteiger partial charge in [-0.15, -0.1) is 0 Å². The lowest BCUT2D eigenvalue weighted by Crippen LogP contribution is -2.24. The first-order valence-electron chi connectivity index (χ1n) is 8.31. The fraction of sp³-hybridized carbons (Fsp3) is 0.474. The molecule has 1 aliphatic heterocycles. The van der Waals surface area contributed by atoms with Crippen molar-refractivity contribution in [3.05, 3.63) is 35.0 Å². The standard InChI is InChI=1S/C19H25N3O/c1-5-9-22-11-14-15(18(22)23)16(20)13-8-6-7-12(17(13)21-14)10-19(2,3)4/h6-8H,5,9-11H2,1-4H3,(H2,20,21). The van der Waals surface area contributed by atoms with E-state index in [2.05, 4.69) is 33.8 Å². The predicted octanol–water partition coefficient (Wildman–Crippen LogP) is 3.77. The Morgan fingerprint density at radius 3 is 2.70 bits per heavy atom. The van der Waals surface area contributed by atoms with Gasteiger partial charge in [0.2, 0.25) is 0 Å². The third-order valence-corrected chi connectivity index (χ3v) is 4.27. The summed E-state index contributed by atoms with van der Waals surface area (Å²) in [4.78, 5) is 19.3. The molecule has 0 atom stereocenters. The van der Waals surface area contributed by atoms with Gasteiger partial charge < -0.3 is 10.6 Å². The molecular weight excluding hydrogens is 286 g/mol. The highest BCUT2D eigenvalue weighted by atomic mass is 16.2. The number of hydrogen-bond acceptors (Lipinski definition) is 3. The summed E-state index contributed by atoms with van der Waals surface area (Å²) in [7, 11) is 0. The number of fused-ring (bicyclic) bond motifs is 2. The van der Waals surface area contributed by atoms with Gasteiger partial charge in [-0.2, -0.15) is 0 Å². The first-order chi connectivity index (χ1) is 10.8. The maximum Gasteiger partial charge on any atom is 0.258 e. The number of aromatic nitrogens is 1. The van der Waals surface area contributed by atoms with E-state index in [9.17, 15) is 4.79 Å². The number of nitrogen functional groups attached to an aromatic ring is 1. The zero-order valence-electron chi connectivity index (χ0n) is 14.4. The van der Waals surface area contributed by atoms with Crippen LogP contribution in [0.15, 0.2) is 18.2 Å². The molecule has 4 nitrogen and oxygen atoms in total. The van der Waals surface area contributed by atoms with Gasteiger partial charge in [-0.25, -0.2) is 4.98 Å². The van der Waals surface area contributed by atoms with Gasteiger partial charge >= 0.3 is 0 Å². The van der Waals surface area contributed by atoms with Gasteiger partial charge in [-0.05, 0) is 23.8 Å². The molecule has 0 unspecified atom stereocenters. The Hall–Kier alpha value is -2.10. The summed E-state index contributed by atoms with van der Waals surface area (Å²) >= 11 is 0. The molecule has 0 bridgehead atoms. The minimum atomic E-state index is 0.0231. The van der Waals surface area contributed by atoms with Crippen LogP contribution in [0.1, 0.15) is 55.7 Å². The minimum Gasteiger partial charge on any atom is -0.397 e. The number of nitrogens with zero attached hydrogens (tertiary/aromatic N) is 2. The average Bonchev–Trinajstić information content (AvgIpc) is 2.76. The van der Waals surface area contributed by atoms with Crippen molar-refractivity contribution >= 4 is 22.5 Å². The van der Waals surface area contributed by atoms with Crippen LogP contribution in [0.5, 0.6) is 0 Å². The molecule has 1 amide bonds. The molecule has 1 aliphatic rings. The molecule has 0 saturated heterocycles. The lowest BCUT2D eigenvalue weighted by molar-refractivity contribution is 0.0779. The van der Waals surface area contributed by atoms with E-state index in [1.54, 1.807) is 0 Å². The van der Waals surface area contributed by atoms with Crippen molar-refractivity contribution in [1.29, 1.82) is 0 Å². The van der Waals surface area contributed by atoms with E-state index >= 15 is 0 Å². The van der Waals surface area contributed by atoms with Gasteiger partial charge in [0, 0.05) is 11.9 Å². The first-order valence-corrected chi connectivity index (χ1v) is 8.31. The summed E-state index contributed by atoms with van der Waals surface area (Å²) in [6.45, 7) is 10.1. The second-order valence-electron chi connectivity index (χ2n) is 7.62. The molecule has 0 spiro atoms. The van der Waals surface area contributed by atoms with E-state index in [0.29, 0.717) is 17.8 Å². The molecule has 2 aromatic rings. The van der Waals surface area contributed by atoms with Crippen LogP contribution >= 0.6 is 0 Å². The van der Waals surface area contributed by atoms with Gasteiger partial charge in [-0.3, -0.25) is 4.79 Å². The lowest BCUT2D eigenvalue weighted by atomic mass is 9.87. The Bertz CT molecular complexity index is 774. The SMILES string of the molecule is CCCN1Cc2nc3c(CC(C)(C)C)cccc3c(N)c2C1=O. The number of para-hydroxylation sites is 1. The number of rotatable bonds is 3. The Kier molecular flexibility index (Phi) is 3.78. The average molecular weight is 311 g/mol. The molecule has 4 heteroatoms. The maximum atomic E-state index is 12.6. The molecule has 0 radical (unpaired) electrons. The van der Waals surface area contributed by atoms with E-state index in [-0.39, 0.29) is 11.3 Å². The topological polar surface area (TPSA) is 59.2 Å². The predicted molar refractivity (Wildman–Crippen MR) is 94.3 cm³/mol. The van der Waals surface area contributed by atoms with Crippen LogP contribution in [0.4, 0.5) is 5.69 Å². The lowest BCUT2D eigenvalue weighted by Gasteiger charge is -2.19. The number of amides is 1. The molecular formula is C19H25N3O. The second-order valence-corrected chi connectivity index (χ2v) is 7.62. The first kappa shape index (κ1) is 15.8. The molecule has 0 saturated carbocycles. The smallest absolute Gasteiger partial charge is 0.258 e. The fourth-order valence-corrected chi connectivity index (χ4v) is 3.35.